The fourth-order valence-corrected chi connectivity index (χ4v) is 2.32. The number of amides is 2. The Labute approximate surface area is 117 Å². The van der Waals surface area contributed by atoms with E-state index in [9.17, 15) is 14.4 Å². The second-order valence-corrected chi connectivity index (χ2v) is 4.63. The van der Waals surface area contributed by atoms with E-state index < -0.39 is 23.2 Å². The third-order valence-electron chi connectivity index (χ3n) is 3.35. The van der Waals surface area contributed by atoms with Crippen molar-refractivity contribution < 1.29 is 19.1 Å². The van der Waals surface area contributed by atoms with Crippen molar-refractivity contribution in [2.45, 2.75) is 33.6 Å². The van der Waals surface area contributed by atoms with Crippen LogP contribution >= 0.6 is 12.2 Å². The Bertz CT molecular complexity index is 418. The molecule has 0 bridgehead atoms. The first-order valence-electron chi connectivity index (χ1n) is 6.25. The summed E-state index contributed by atoms with van der Waals surface area (Å²) >= 11 is 4.95. The molecule has 0 aromatic heterocycles. The van der Waals surface area contributed by atoms with Gasteiger partial charge < -0.3 is 10.1 Å². The van der Waals surface area contributed by atoms with Crippen molar-refractivity contribution in [2.75, 3.05) is 13.2 Å². The predicted octanol–water partition coefficient (Wildman–Crippen LogP) is 0.599. The van der Waals surface area contributed by atoms with E-state index in [1.165, 1.54) is 0 Å². The number of carbonyl (C=O) groups excluding carboxylic acids is 3. The molecule has 0 aromatic carbocycles. The highest BCUT2D eigenvalue weighted by Gasteiger charge is 2.50. The molecule has 7 heteroatoms. The first-order chi connectivity index (χ1) is 8.92. The standard InChI is InChI=1S/C12H18N2O4S/c1-4-12(5-2)9(16)13-11(19)14(10(12)17)7-8(15)18-6-3/h4-7H2,1-3H3,(H,13,16,19). The van der Waals surface area contributed by atoms with Crippen LogP contribution in [0.2, 0.25) is 0 Å². The number of esters is 1. The molecule has 1 heterocycles. The minimum atomic E-state index is -1.14. The number of thiocarbonyl (C=S) groups is 1. The van der Waals surface area contributed by atoms with Crippen molar-refractivity contribution in [1.29, 1.82) is 0 Å². The Kier molecular flexibility index (Phi) is 4.99. The van der Waals surface area contributed by atoms with Crippen LogP contribution in [0.15, 0.2) is 0 Å². The summed E-state index contributed by atoms with van der Waals surface area (Å²) in [6.07, 6.45) is 0.714. The number of nitrogens with one attached hydrogen (secondary N) is 1. The Balaban J connectivity index is 2.99. The second kappa shape index (κ2) is 6.10. The highest BCUT2D eigenvalue weighted by Crippen LogP contribution is 2.32. The van der Waals surface area contributed by atoms with Gasteiger partial charge in [-0.25, -0.2) is 0 Å². The maximum Gasteiger partial charge on any atom is 0.326 e. The molecule has 106 valence electrons. The molecule has 0 atom stereocenters. The average Bonchev–Trinajstić information content (AvgIpc) is 2.36. The van der Waals surface area contributed by atoms with Gasteiger partial charge in [-0.05, 0) is 32.0 Å². The van der Waals surface area contributed by atoms with Gasteiger partial charge in [0.2, 0.25) is 11.8 Å². The lowest BCUT2D eigenvalue weighted by molar-refractivity contribution is -0.156. The largest absolute Gasteiger partial charge is 0.465 e. The zero-order valence-corrected chi connectivity index (χ0v) is 12.1. The summed E-state index contributed by atoms with van der Waals surface area (Å²) in [6, 6.07) is 0. The number of nitrogens with zero attached hydrogens (tertiary/aromatic N) is 1. The van der Waals surface area contributed by atoms with Gasteiger partial charge in [-0.1, -0.05) is 13.8 Å². The molecule has 0 aliphatic carbocycles. The molecular formula is C12H18N2O4S. The van der Waals surface area contributed by atoms with Crippen molar-refractivity contribution in [1.82, 2.24) is 10.2 Å². The fourth-order valence-electron chi connectivity index (χ4n) is 2.08. The van der Waals surface area contributed by atoms with Gasteiger partial charge >= 0.3 is 5.97 Å². The van der Waals surface area contributed by atoms with Crippen molar-refractivity contribution in [3.05, 3.63) is 0 Å². The molecule has 0 unspecified atom stereocenters. The molecule has 1 rings (SSSR count). The van der Waals surface area contributed by atoms with Crippen LogP contribution < -0.4 is 5.32 Å². The van der Waals surface area contributed by atoms with E-state index in [0.717, 1.165) is 4.90 Å². The molecule has 2 amide bonds. The van der Waals surface area contributed by atoms with Gasteiger partial charge in [0.15, 0.2) is 5.11 Å². The molecule has 1 aliphatic rings. The molecule has 0 radical (unpaired) electrons. The van der Waals surface area contributed by atoms with Gasteiger partial charge in [0, 0.05) is 0 Å². The van der Waals surface area contributed by atoms with E-state index in [4.69, 9.17) is 17.0 Å². The van der Waals surface area contributed by atoms with E-state index in [1.807, 2.05) is 0 Å². The van der Waals surface area contributed by atoms with E-state index >= 15 is 0 Å². The Morgan fingerprint density at radius 1 is 1.32 bits per heavy atom. The number of ether oxygens (including phenoxy) is 1. The first kappa shape index (κ1) is 15.6. The quantitative estimate of drug-likeness (QED) is 0.455. The molecule has 1 saturated heterocycles. The summed E-state index contributed by atoms with van der Waals surface area (Å²) in [5.74, 6) is -1.37. The summed E-state index contributed by atoms with van der Waals surface area (Å²) in [7, 11) is 0. The third-order valence-corrected chi connectivity index (χ3v) is 3.68. The SMILES string of the molecule is CCOC(=O)CN1C(=O)C(CC)(CC)C(=O)NC1=S. The molecule has 1 fully saturated rings. The number of carbonyl (C=O) groups is 3. The van der Waals surface area contributed by atoms with Gasteiger partial charge in [-0.3, -0.25) is 19.3 Å². The highest BCUT2D eigenvalue weighted by molar-refractivity contribution is 7.80. The van der Waals surface area contributed by atoms with E-state index in [1.54, 1.807) is 20.8 Å². The van der Waals surface area contributed by atoms with Gasteiger partial charge in [0.1, 0.15) is 12.0 Å². The molecule has 1 aliphatic heterocycles. The predicted molar refractivity (Wildman–Crippen MR) is 72.1 cm³/mol. The Hall–Kier alpha value is -1.50. The molecule has 0 spiro atoms. The lowest BCUT2D eigenvalue weighted by Crippen LogP contribution is -2.64. The van der Waals surface area contributed by atoms with E-state index in [0.29, 0.717) is 12.8 Å². The van der Waals surface area contributed by atoms with Crippen LogP contribution in [0.4, 0.5) is 0 Å². The second-order valence-electron chi connectivity index (χ2n) is 4.24. The normalized spacial score (nSPS) is 18.3. The first-order valence-corrected chi connectivity index (χ1v) is 6.66. The number of hydrogen-bond donors (Lipinski definition) is 1. The molecule has 6 nitrogen and oxygen atoms in total. The Morgan fingerprint density at radius 3 is 2.37 bits per heavy atom. The highest BCUT2D eigenvalue weighted by atomic mass is 32.1. The topological polar surface area (TPSA) is 75.7 Å². The van der Waals surface area contributed by atoms with E-state index in [-0.39, 0.29) is 18.3 Å². The van der Waals surface area contributed by atoms with Crippen molar-refractivity contribution in [3.63, 3.8) is 0 Å². The van der Waals surface area contributed by atoms with Gasteiger partial charge in [0.25, 0.3) is 0 Å². The average molecular weight is 286 g/mol. The number of hydrogen-bond acceptors (Lipinski definition) is 5. The summed E-state index contributed by atoms with van der Waals surface area (Å²) < 4.78 is 4.80. The van der Waals surface area contributed by atoms with Gasteiger partial charge in [-0.15, -0.1) is 0 Å². The van der Waals surface area contributed by atoms with Crippen LogP contribution in [0.3, 0.4) is 0 Å². The van der Waals surface area contributed by atoms with Crippen LogP contribution in [0, 0.1) is 5.41 Å². The minimum Gasteiger partial charge on any atom is -0.465 e. The number of rotatable bonds is 5. The summed E-state index contributed by atoms with van der Waals surface area (Å²) in [5, 5.41) is 2.45. The van der Waals surface area contributed by atoms with Crippen LogP contribution in [0.25, 0.3) is 0 Å². The maximum atomic E-state index is 12.4. The van der Waals surface area contributed by atoms with Crippen LogP contribution in [-0.4, -0.2) is 40.9 Å². The molecule has 19 heavy (non-hydrogen) atoms. The zero-order chi connectivity index (χ0) is 14.6. The van der Waals surface area contributed by atoms with Crippen molar-refractivity contribution in [3.8, 4) is 0 Å². The molecule has 1 N–H and O–H groups in total. The van der Waals surface area contributed by atoms with Crippen LogP contribution in [-0.2, 0) is 19.1 Å². The third kappa shape index (κ3) is 2.75. The lowest BCUT2D eigenvalue weighted by atomic mass is 9.79. The monoisotopic (exact) mass is 286 g/mol. The Morgan fingerprint density at radius 2 is 1.89 bits per heavy atom. The van der Waals surface area contributed by atoms with Gasteiger partial charge in [-0.2, -0.15) is 0 Å². The smallest absolute Gasteiger partial charge is 0.326 e. The summed E-state index contributed by atoms with van der Waals surface area (Å²) in [4.78, 5) is 37.0. The molecule has 0 saturated carbocycles. The van der Waals surface area contributed by atoms with Crippen LogP contribution in [0.5, 0.6) is 0 Å². The summed E-state index contributed by atoms with van der Waals surface area (Å²) in [5.41, 5.74) is -1.14. The fraction of sp³-hybridized carbons (Fsp3) is 0.667. The molecule has 0 aromatic rings. The maximum absolute atomic E-state index is 12.4. The zero-order valence-electron chi connectivity index (χ0n) is 11.3. The van der Waals surface area contributed by atoms with E-state index in [2.05, 4.69) is 5.32 Å². The summed E-state index contributed by atoms with van der Waals surface area (Å²) in [6.45, 7) is 5.16. The van der Waals surface area contributed by atoms with Crippen LogP contribution in [0.1, 0.15) is 33.6 Å². The molecular weight excluding hydrogens is 268 g/mol. The van der Waals surface area contributed by atoms with Crippen molar-refractivity contribution in [2.24, 2.45) is 5.41 Å². The van der Waals surface area contributed by atoms with Crippen molar-refractivity contribution >= 4 is 35.1 Å². The minimum absolute atomic E-state index is 0.0411. The van der Waals surface area contributed by atoms with Gasteiger partial charge in [0.05, 0.1) is 6.61 Å². The lowest BCUT2D eigenvalue weighted by Gasteiger charge is -2.39.